The summed E-state index contributed by atoms with van der Waals surface area (Å²) in [6.45, 7) is 1.09. The molecule has 1 heterocycles. The Morgan fingerprint density at radius 3 is 2.54 bits per heavy atom. The van der Waals surface area contributed by atoms with Gasteiger partial charge in [-0.3, -0.25) is 4.79 Å². The maximum absolute atomic E-state index is 12.9. The van der Waals surface area contributed by atoms with Crippen molar-refractivity contribution in [1.29, 1.82) is 0 Å². The molecule has 24 heavy (non-hydrogen) atoms. The van der Waals surface area contributed by atoms with E-state index >= 15 is 0 Å². The topological polar surface area (TPSA) is 55.6 Å². The molecule has 0 saturated carbocycles. The number of methoxy groups -OCH3 is 1. The minimum absolute atomic E-state index is 0. The molecule has 2 aromatic carbocycles. The lowest BCUT2D eigenvalue weighted by Crippen LogP contribution is -2.32. The minimum atomic E-state index is -0.138. The van der Waals surface area contributed by atoms with Crippen molar-refractivity contribution in [3.8, 4) is 5.75 Å². The highest BCUT2D eigenvalue weighted by Crippen LogP contribution is 2.32. The molecule has 6 heteroatoms. The number of rotatable bonds is 3. The lowest BCUT2D eigenvalue weighted by atomic mass is 9.95. The van der Waals surface area contributed by atoms with Crippen LogP contribution in [0.3, 0.4) is 0 Å². The number of carbonyl (C=O) groups is 1. The van der Waals surface area contributed by atoms with Gasteiger partial charge in [0, 0.05) is 25.0 Å². The summed E-state index contributed by atoms with van der Waals surface area (Å²) in [5.41, 5.74) is 7.82. The van der Waals surface area contributed by atoms with Gasteiger partial charge in [0.2, 0.25) is 0 Å². The highest BCUT2D eigenvalue weighted by atomic mass is 35.5. The quantitative estimate of drug-likeness (QED) is 0.905. The number of likely N-dealkylation sites (tertiary alicyclic amines) is 1. The summed E-state index contributed by atoms with van der Waals surface area (Å²) in [5.74, 6) is 0.481. The molecule has 4 nitrogen and oxygen atoms in total. The summed E-state index contributed by atoms with van der Waals surface area (Å²) < 4.78 is 5.28. The molecule has 0 radical (unpaired) electrons. The van der Waals surface area contributed by atoms with Gasteiger partial charge in [-0.1, -0.05) is 48.0 Å². The van der Waals surface area contributed by atoms with Gasteiger partial charge in [-0.25, -0.2) is 0 Å². The number of benzene rings is 2. The van der Waals surface area contributed by atoms with Crippen LogP contribution in [0.1, 0.15) is 21.8 Å². The molecule has 0 unspecified atom stereocenters. The van der Waals surface area contributed by atoms with E-state index < -0.39 is 0 Å². The predicted octanol–water partition coefficient (Wildman–Crippen LogP) is 3.34. The number of hydrogen-bond donors (Lipinski definition) is 1. The lowest BCUT2D eigenvalue weighted by molar-refractivity contribution is 0.0786. The van der Waals surface area contributed by atoms with Crippen molar-refractivity contribution in [1.82, 2.24) is 4.90 Å². The molecule has 1 aliphatic rings. The third kappa shape index (κ3) is 3.51. The third-order valence-corrected chi connectivity index (χ3v) is 4.60. The average molecular weight is 367 g/mol. The van der Waals surface area contributed by atoms with Gasteiger partial charge in [0.15, 0.2) is 0 Å². The second kappa shape index (κ2) is 7.88. The molecule has 1 amide bonds. The Balaban J connectivity index is 0.00000208. The van der Waals surface area contributed by atoms with Gasteiger partial charge in [0.05, 0.1) is 12.1 Å². The van der Waals surface area contributed by atoms with E-state index in [1.165, 1.54) is 7.11 Å². The van der Waals surface area contributed by atoms with Crippen molar-refractivity contribution in [3.05, 3.63) is 64.7 Å². The van der Waals surface area contributed by atoms with Crippen LogP contribution >= 0.6 is 24.0 Å². The molecule has 2 atom stereocenters. The van der Waals surface area contributed by atoms with Crippen LogP contribution in [-0.2, 0) is 0 Å². The van der Waals surface area contributed by atoms with Crippen LogP contribution in [0.4, 0.5) is 0 Å². The van der Waals surface area contributed by atoms with Gasteiger partial charge >= 0.3 is 0 Å². The van der Waals surface area contributed by atoms with E-state index in [4.69, 9.17) is 22.1 Å². The molecule has 0 aliphatic carbocycles. The Morgan fingerprint density at radius 1 is 1.17 bits per heavy atom. The molecule has 1 aliphatic heterocycles. The predicted molar refractivity (Wildman–Crippen MR) is 98.3 cm³/mol. The van der Waals surface area contributed by atoms with Gasteiger partial charge < -0.3 is 15.4 Å². The Labute approximate surface area is 153 Å². The smallest absolute Gasteiger partial charge is 0.259 e. The van der Waals surface area contributed by atoms with Crippen LogP contribution in [0.5, 0.6) is 5.75 Å². The van der Waals surface area contributed by atoms with Gasteiger partial charge in [0.1, 0.15) is 11.3 Å². The Hall–Kier alpha value is -1.75. The fourth-order valence-electron chi connectivity index (χ4n) is 3.09. The molecule has 128 valence electrons. The molecular weight excluding hydrogens is 347 g/mol. The Kier molecular flexibility index (Phi) is 6.10. The maximum atomic E-state index is 12.9. The highest BCUT2D eigenvalue weighted by molar-refractivity contribution is 6.34. The lowest BCUT2D eigenvalue weighted by Gasteiger charge is -2.19. The summed E-state index contributed by atoms with van der Waals surface area (Å²) in [6.07, 6.45) is 0. The fraction of sp³-hybridized carbons (Fsp3) is 0.278. The number of carbonyl (C=O) groups excluding carboxylic acids is 1. The van der Waals surface area contributed by atoms with Crippen LogP contribution in [0, 0.1) is 0 Å². The first-order valence-corrected chi connectivity index (χ1v) is 7.92. The monoisotopic (exact) mass is 366 g/mol. The first-order valence-electron chi connectivity index (χ1n) is 7.54. The van der Waals surface area contributed by atoms with Gasteiger partial charge in [-0.05, 0) is 17.7 Å². The zero-order chi connectivity index (χ0) is 16.4. The largest absolute Gasteiger partial charge is 0.496 e. The molecule has 1 fully saturated rings. The van der Waals surface area contributed by atoms with Crippen LogP contribution in [0.25, 0.3) is 0 Å². The second-order valence-electron chi connectivity index (χ2n) is 5.71. The number of nitrogens with two attached hydrogens (primary N) is 1. The molecule has 0 aromatic heterocycles. The van der Waals surface area contributed by atoms with Crippen LogP contribution < -0.4 is 10.5 Å². The SMILES string of the molecule is COc1cccc(Cl)c1C(=O)N1C[C@@H](N)[C@H](c2ccccc2)C1.Cl. The van der Waals surface area contributed by atoms with Gasteiger partial charge in [0.25, 0.3) is 5.91 Å². The molecule has 0 spiro atoms. The highest BCUT2D eigenvalue weighted by Gasteiger charge is 2.35. The molecule has 0 bridgehead atoms. The fourth-order valence-corrected chi connectivity index (χ4v) is 3.33. The average Bonchev–Trinajstić information content (AvgIpc) is 2.96. The maximum Gasteiger partial charge on any atom is 0.259 e. The molecule has 1 saturated heterocycles. The van der Waals surface area contributed by atoms with E-state index in [-0.39, 0.29) is 30.3 Å². The van der Waals surface area contributed by atoms with Crippen molar-refractivity contribution in [2.45, 2.75) is 12.0 Å². The first kappa shape index (κ1) is 18.6. The van der Waals surface area contributed by atoms with Crippen LogP contribution in [-0.4, -0.2) is 37.0 Å². The summed E-state index contributed by atoms with van der Waals surface area (Å²) >= 11 is 6.21. The zero-order valence-corrected chi connectivity index (χ0v) is 14.9. The molecule has 2 aromatic rings. The molecular formula is C18H20Cl2N2O2. The number of halogens is 2. The summed E-state index contributed by atoms with van der Waals surface area (Å²) in [7, 11) is 1.53. The molecule has 2 N–H and O–H groups in total. The van der Waals surface area contributed by atoms with Crippen LogP contribution in [0.2, 0.25) is 5.02 Å². The van der Waals surface area contributed by atoms with E-state index in [0.29, 0.717) is 29.4 Å². The van der Waals surface area contributed by atoms with E-state index in [1.807, 2.05) is 18.2 Å². The summed E-state index contributed by atoms with van der Waals surface area (Å²) in [4.78, 5) is 14.6. The summed E-state index contributed by atoms with van der Waals surface area (Å²) in [5, 5.41) is 0.395. The van der Waals surface area contributed by atoms with Crippen molar-refractivity contribution in [2.75, 3.05) is 20.2 Å². The van der Waals surface area contributed by atoms with Crippen molar-refractivity contribution < 1.29 is 9.53 Å². The molecule has 3 rings (SSSR count). The van der Waals surface area contributed by atoms with Gasteiger partial charge in [-0.15, -0.1) is 12.4 Å². The number of amides is 1. The van der Waals surface area contributed by atoms with E-state index in [2.05, 4.69) is 12.1 Å². The van der Waals surface area contributed by atoms with E-state index in [9.17, 15) is 4.79 Å². The zero-order valence-electron chi connectivity index (χ0n) is 13.3. The number of ether oxygens (including phenoxy) is 1. The second-order valence-corrected chi connectivity index (χ2v) is 6.12. The first-order chi connectivity index (χ1) is 11.1. The summed E-state index contributed by atoms with van der Waals surface area (Å²) in [6, 6.07) is 15.2. The van der Waals surface area contributed by atoms with E-state index in [1.54, 1.807) is 23.1 Å². The third-order valence-electron chi connectivity index (χ3n) is 4.29. The number of nitrogens with zero attached hydrogens (tertiary/aromatic N) is 1. The normalized spacial score (nSPS) is 19.7. The van der Waals surface area contributed by atoms with Crippen molar-refractivity contribution in [3.63, 3.8) is 0 Å². The Bertz CT molecular complexity index is 709. The standard InChI is InChI=1S/C18H19ClN2O2.ClH/c1-23-16-9-5-8-14(19)17(16)18(22)21-10-13(15(20)11-21)12-6-3-2-4-7-12;/h2-9,13,15H,10-11,20H2,1H3;1H/t13-,15+;/m0./s1. The van der Waals surface area contributed by atoms with E-state index in [0.717, 1.165) is 5.56 Å². The minimum Gasteiger partial charge on any atom is -0.496 e. The number of hydrogen-bond acceptors (Lipinski definition) is 3. The van der Waals surface area contributed by atoms with Gasteiger partial charge in [-0.2, -0.15) is 0 Å². The van der Waals surface area contributed by atoms with Crippen LogP contribution in [0.15, 0.2) is 48.5 Å². The Morgan fingerprint density at radius 2 is 1.88 bits per heavy atom. The van der Waals surface area contributed by atoms with Crippen molar-refractivity contribution in [2.24, 2.45) is 5.73 Å². The van der Waals surface area contributed by atoms with Crippen molar-refractivity contribution >= 4 is 29.9 Å².